The number of fused-ring (bicyclic) bond motifs is 1. The van der Waals surface area contributed by atoms with Crippen molar-refractivity contribution < 1.29 is 18.0 Å². The molecular weight excluding hydrogens is 462 g/mol. The molecule has 1 heterocycles. The highest BCUT2D eigenvalue weighted by Gasteiger charge is 2.33. The predicted octanol–water partition coefficient (Wildman–Crippen LogP) is 3.57. The fraction of sp³-hybridized carbons (Fsp3) is 0.417. The summed E-state index contributed by atoms with van der Waals surface area (Å²) >= 11 is 6.23. The topological polar surface area (TPSA) is 86.8 Å². The molecule has 2 amide bonds. The molecule has 0 radical (unpaired) electrons. The summed E-state index contributed by atoms with van der Waals surface area (Å²) in [4.78, 5) is 26.9. The molecule has 176 valence electrons. The Morgan fingerprint density at radius 1 is 1.03 bits per heavy atom. The van der Waals surface area contributed by atoms with Gasteiger partial charge in [0, 0.05) is 38.7 Å². The van der Waals surface area contributed by atoms with Gasteiger partial charge in [0.2, 0.25) is 15.9 Å². The van der Waals surface area contributed by atoms with Gasteiger partial charge in [-0.05, 0) is 73.6 Å². The summed E-state index contributed by atoms with van der Waals surface area (Å²) in [5.74, 6) is -0.742. The van der Waals surface area contributed by atoms with E-state index in [4.69, 9.17) is 11.6 Å². The molecule has 1 saturated heterocycles. The molecule has 0 aromatic heterocycles. The molecule has 9 heteroatoms. The van der Waals surface area contributed by atoms with Gasteiger partial charge in [0.25, 0.3) is 5.91 Å². The number of anilines is 1. The van der Waals surface area contributed by atoms with E-state index in [1.807, 2.05) is 6.07 Å². The third kappa shape index (κ3) is 4.93. The second-order valence-electron chi connectivity index (χ2n) is 8.85. The average molecular weight is 490 g/mol. The molecule has 2 aliphatic rings. The Balaban J connectivity index is 1.40. The zero-order valence-electron chi connectivity index (χ0n) is 18.8. The zero-order chi connectivity index (χ0) is 23.8. The van der Waals surface area contributed by atoms with Gasteiger partial charge in [-0.15, -0.1) is 0 Å². The van der Waals surface area contributed by atoms with Crippen molar-refractivity contribution in [2.24, 2.45) is 5.92 Å². The lowest BCUT2D eigenvalue weighted by Crippen LogP contribution is -2.41. The standard InChI is InChI=1S/C24H28ClN3O4S/c1-27(2)24(30)19-7-9-21(25)22(15-19)26-23(29)17-10-12-28(13-11-17)33(31,32)20-8-6-16-4-3-5-18(16)14-20/h6-9,14-15,17H,3-5,10-13H2,1-2H3,(H,26,29). The molecule has 0 bridgehead atoms. The van der Waals surface area contributed by atoms with Crippen LogP contribution in [-0.4, -0.2) is 56.6 Å². The van der Waals surface area contributed by atoms with Crippen molar-refractivity contribution in [2.75, 3.05) is 32.5 Å². The molecule has 0 atom stereocenters. The van der Waals surface area contributed by atoms with Crippen LogP contribution in [0.2, 0.25) is 5.02 Å². The summed E-state index contributed by atoms with van der Waals surface area (Å²) in [5, 5.41) is 3.16. The first-order valence-corrected chi connectivity index (χ1v) is 12.9. The molecule has 1 N–H and O–H groups in total. The maximum absolute atomic E-state index is 13.1. The highest BCUT2D eigenvalue weighted by atomic mass is 35.5. The highest BCUT2D eigenvalue weighted by molar-refractivity contribution is 7.89. The maximum Gasteiger partial charge on any atom is 0.253 e. The first-order chi connectivity index (χ1) is 15.7. The number of amides is 2. The second kappa shape index (κ2) is 9.44. The smallest absolute Gasteiger partial charge is 0.253 e. The van der Waals surface area contributed by atoms with E-state index in [0.717, 1.165) is 24.8 Å². The summed E-state index contributed by atoms with van der Waals surface area (Å²) < 4.78 is 27.7. The van der Waals surface area contributed by atoms with E-state index in [-0.39, 0.29) is 30.8 Å². The number of nitrogens with zero attached hydrogens (tertiary/aromatic N) is 2. The van der Waals surface area contributed by atoms with Gasteiger partial charge in [-0.2, -0.15) is 4.31 Å². The molecule has 2 aromatic rings. The molecule has 7 nitrogen and oxygen atoms in total. The molecule has 1 fully saturated rings. The van der Waals surface area contributed by atoms with Gasteiger partial charge in [-0.25, -0.2) is 8.42 Å². The zero-order valence-corrected chi connectivity index (χ0v) is 20.4. The molecule has 2 aromatic carbocycles. The molecule has 0 unspecified atom stereocenters. The summed E-state index contributed by atoms with van der Waals surface area (Å²) in [5.41, 5.74) is 3.16. The van der Waals surface area contributed by atoms with E-state index < -0.39 is 10.0 Å². The predicted molar refractivity (Wildman–Crippen MR) is 128 cm³/mol. The number of carbonyl (C=O) groups excluding carboxylic acids is 2. The van der Waals surface area contributed by atoms with Crippen LogP contribution < -0.4 is 5.32 Å². The Morgan fingerprint density at radius 2 is 1.73 bits per heavy atom. The monoisotopic (exact) mass is 489 g/mol. The fourth-order valence-electron chi connectivity index (χ4n) is 4.46. The Hall–Kier alpha value is -2.42. The minimum Gasteiger partial charge on any atom is -0.345 e. The first-order valence-electron chi connectivity index (χ1n) is 11.1. The van der Waals surface area contributed by atoms with Gasteiger partial charge in [-0.1, -0.05) is 17.7 Å². The highest BCUT2D eigenvalue weighted by Crippen LogP contribution is 2.30. The maximum atomic E-state index is 13.1. The summed E-state index contributed by atoms with van der Waals surface area (Å²) in [7, 11) is -0.278. The number of benzene rings is 2. The number of aryl methyl sites for hydroxylation is 2. The van der Waals surface area contributed by atoms with E-state index in [9.17, 15) is 18.0 Å². The van der Waals surface area contributed by atoms with Crippen LogP contribution in [0.3, 0.4) is 0 Å². The lowest BCUT2D eigenvalue weighted by molar-refractivity contribution is -0.120. The van der Waals surface area contributed by atoms with Gasteiger partial charge in [0.15, 0.2) is 0 Å². The number of halogens is 1. The van der Waals surface area contributed by atoms with E-state index in [1.54, 1.807) is 44.4 Å². The number of carbonyl (C=O) groups is 2. The van der Waals surface area contributed by atoms with Crippen molar-refractivity contribution in [3.05, 3.63) is 58.1 Å². The van der Waals surface area contributed by atoms with Crippen molar-refractivity contribution in [1.29, 1.82) is 0 Å². The third-order valence-corrected chi connectivity index (χ3v) is 8.63. The minimum atomic E-state index is -3.58. The molecule has 4 rings (SSSR count). The number of nitrogens with one attached hydrogen (secondary N) is 1. The fourth-order valence-corrected chi connectivity index (χ4v) is 6.15. The molecule has 0 saturated carbocycles. The van der Waals surface area contributed by atoms with Crippen molar-refractivity contribution >= 4 is 39.1 Å². The van der Waals surface area contributed by atoms with E-state index in [1.165, 1.54) is 14.8 Å². The van der Waals surface area contributed by atoms with Crippen LogP contribution in [0.15, 0.2) is 41.3 Å². The van der Waals surface area contributed by atoms with Crippen molar-refractivity contribution in [1.82, 2.24) is 9.21 Å². The number of rotatable bonds is 5. The number of piperidine rings is 1. The van der Waals surface area contributed by atoms with Crippen molar-refractivity contribution in [3.8, 4) is 0 Å². The number of hydrogen-bond donors (Lipinski definition) is 1. The Morgan fingerprint density at radius 3 is 2.42 bits per heavy atom. The van der Waals surface area contributed by atoms with Crippen LogP contribution in [0.5, 0.6) is 0 Å². The van der Waals surface area contributed by atoms with Crippen LogP contribution in [0, 0.1) is 5.92 Å². The van der Waals surface area contributed by atoms with Crippen LogP contribution in [-0.2, 0) is 27.7 Å². The molecule has 0 spiro atoms. The summed E-state index contributed by atoms with van der Waals surface area (Å²) in [6.07, 6.45) is 3.83. The molecule has 1 aliphatic heterocycles. The van der Waals surface area contributed by atoms with Crippen LogP contribution in [0.4, 0.5) is 5.69 Å². The van der Waals surface area contributed by atoms with E-state index in [2.05, 4.69) is 5.32 Å². The Kier molecular flexibility index (Phi) is 6.79. The largest absolute Gasteiger partial charge is 0.345 e. The summed E-state index contributed by atoms with van der Waals surface area (Å²) in [6.45, 7) is 0.564. The van der Waals surface area contributed by atoms with Crippen molar-refractivity contribution in [2.45, 2.75) is 37.0 Å². The third-order valence-electron chi connectivity index (χ3n) is 6.41. The lowest BCUT2D eigenvalue weighted by atomic mass is 9.97. The quantitative estimate of drug-likeness (QED) is 0.695. The van der Waals surface area contributed by atoms with Crippen LogP contribution in [0.1, 0.15) is 40.7 Å². The van der Waals surface area contributed by atoms with Crippen LogP contribution in [0.25, 0.3) is 0 Å². The van der Waals surface area contributed by atoms with Crippen LogP contribution >= 0.6 is 11.6 Å². The van der Waals surface area contributed by atoms with Gasteiger partial charge in [0.1, 0.15) is 0 Å². The SMILES string of the molecule is CN(C)C(=O)c1ccc(Cl)c(NC(=O)C2CCN(S(=O)(=O)c3ccc4c(c3)CCC4)CC2)c1. The number of sulfonamides is 1. The van der Waals surface area contributed by atoms with Gasteiger partial charge in [0.05, 0.1) is 15.6 Å². The minimum absolute atomic E-state index is 0.188. The molecule has 1 aliphatic carbocycles. The lowest BCUT2D eigenvalue weighted by Gasteiger charge is -2.30. The summed E-state index contributed by atoms with van der Waals surface area (Å²) in [6, 6.07) is 10.2. The first kappa shape index (κ1) is 23.7. The van der Waals surface area contributed by atoms with Gasteiger partial charge >= 0.3 is 0 Å². The molecule has 33 heavy (non-hydrogen) atoms. The van der Waals surface area contributed by atoms with E-state index >= 15 is 0 Å². The Bertz CT molecular complexity index is 1190. The van der Waals surface area contributed by atoms with Gasteiger partial charge in [-0.3, -0.25) is 9.59 Å². The van der Waals surface area contributed by atoms with E-state index in [0.29, 0.717) is 34.0 Å². The average Bonchev–Trinajstić information content (AvgIpc) is 3.28. The van der Waals surface area contributed by atoms with Gasteiger partial charge < -0.3 is 10.2 Å². The number of hydrogen-bond acceptors (Lipinski definition) is 4. The second-order valence-corrected chi connectivity index (χ2v) is 11.2. The normalized spacial score (nSPS) is 16.9. The Labute approximate surface area is 199 Å². The van der Waals surface area contributed by atoms with Crippen molar-refractivity contribution in [3.63, 3.8) is 0 Å². The molecular formula is C24H28ClN3O4S.